The van der Waals surface area contributed by atoms with Crippen LogP contribution in [0.5, 0.6) is 5.75 Å². The first kappa shape index (κ1) is 17.9. The third-order valence-corrected chi connectivity index (χ3v) is 5.86. The first-order valence-electron chi connectivity index (χ1n) is 9.59. The summed E-state index contributed by atoms with van der Waals surface area (Å²) in [7, 11) is 1.52. The number of aromatic amines is 1. The molecule has 0 saturated carbocycles. The number of carbonyl (C=O) groups is 2. The number of rotatable bonds is 3. The van der Waals surface area contributed by atoms with E-state index in [1.807, 2.05) is 4.90 Å². The zero-order valence-electron chi connectivity index (χ0n) is 15.9. The number of imide groups is 1. The van der Waals surface area contributed by atoms with Crippen molar-refractivity contribution in [2.75, 3.05) is 18.6 Å². The van der Waals surface area contributed by atoms with E-state index in [0.717, 1.165) is 22.2 Å². The molecule has 29 heavy (non-hydrogen) atoms. The van der Waals surface area contributed by atoms with E-state index < -0.39 is 6.04 Å². The van der Waals surface area contributed by atoms with Crippen LogP contribution in [-0.4, -0.2) is 41.4 Å². The fraction of sp³-hybridized carbons (Fsp3) is 0.273. The molecule has 1 unspecified atom stereocenters. The van der Waals surface area contributed by atoms with E-state index in [1.54, 1.807) is 36.4 Å². The minimum atomic E-state index is -0.510. The number of nitrogens with zero attached hydrogens (tertiary/aromatic N) is 2. The van der Waals surface area contributed by atoms with Gasteiger partial charge in [0.05, 0.1) is 25.3 Å². The Hall–Kier alpha value is -3.19. The Morgan fingerprint density at radius 1 is 1.17 bits per heavy atom. The fourth-order valence-corrected chi connectivity index (χ4v) is 4.47. The topological polar surface area (TPSA) is 65.6 Å². The number of hydrogen-bond donors (Lipinski definition) is 1. The van der Waals surface area contributed by atoms with Crippen molar-refractivity contribution >= 4 is 28.4 Å². The number of para-hydroxylation sites is 2. The van der Waals surface area contributed by atoms with Crippen molar-refractivity contribution in [1.82, 2.24) is 9.88 Å². The molecule has 2 aromatic carbocycles. The molecule has 1 saturated heterocycles. The number of benzene rings is 2. The number of halogens is 1. The number of nitrogens with one attached hydrogen (secondary N) is 1. The van der Waals surface area contributed by atoms with Crippen molar-refractivity contribution in [3.63, 3.8) is 0 Å². The Labute approximate surface area is 166 Å². The summed E-state index contributed by atoms with van der Waals surface area (Å²) in [5.41, 5.74) is 3.44. The van der Waals surface area contributed by atoms with Crippen LogP contribution < -0.4 is 9.64 Å². The standard InChI is InChI=1S/C22H20FN3O3/c1-29-20-5-3-2-4-18(20)26-21(27)11-19(22(26)28)25-9-8-14-15-10-13(23)6-7-16(15)24-17(14)12-25/h2-7,10,19,24H,8-9,11-12H2,1H3. The van der Waals surface area contributed by atoms with Gasteiger partial charge in [-0.2, -0.15) is 0 Å². The minimum Gasteiger partial charge on any atom is -0.495 e. The summed E-state index contributed by atoms with van der Waals surface area (Å²) in [6, 6.07) is 11.3. The van der Waals surface area contributed by atoms with Crippen LogP contribution in [0.1, 0.15) is 17.7 Å². The molecule has 0 bridgehead atoms. The molecule has 7 heteroatoms. The second-order valence-corrected chi connectivity index (χ2v) is 7.45. The summed E-state index contributed by atoms with van der Waals surface area (Å²) < 4.78 is 19.0. The van der Waals surface area contributed by atoms with E-state index in [4.69, 9.17) is 4.74 Å². The molecule has 0 spiro atoms. The lowest BCUT2D eigenvalue weighted by atomic mass is 10.0. The molecule has 1 aromatic heterocycles. The molecule has 2 aliphatic heterocycles. The van der Waals surface area contributed by atoms with Crippen molar-refractivity contribution in [2.45, 2.75) is 25.4 Å². The van der Waals surface area contributed by atoms with Gasteiger partial charge in [-0.15, -0.1) is 0 Å². The molecule has 5 rings (SSSR count). The maximum Gasteiger partial charge on any atom is 0.251 e. The predicted octanol–water partition coefficient (Wildman–Crippen LogP) is 3.01. The maximum absolute atomic E-state index is 13.6. The summed E-state index contributed by atoms with van der Waals surface area (Å²) in [6.45, 7) is 1.16. The van der Waals surface area contributed by atoms with Crippen LogP contribution in [0.15, 0.2) is 42.5 Å². The van der Waals surface area contributed by atoms with Crippen LogP contribution in [0.2, 0.25) is 0 Å². The predicted molar refractivity (Wildman–Crippen MR) is 106 cm³/mol. The molecule has 1 N–H and O–H groups in total. The van der Waals surface area contributed by atoms with Crippen LogP contribution in [0.3, 0.4) is 0 Å². The zero-order valence-corrected chi connectivity index (χ0v) is 15.9. The minimum absolute atomic E-state index is 0.140. The molecule has 0 radical (unpaired) electrons. The maximum atomic E-state index is 13.6. The Morgan fingerprint density at radius 2 is 2.00 bits per heavy atom. The highest BCUT2D eigenvalue weighted by atomic mass is 19.1. The Kier molecular flexibility index (Phi) is 4.13. The highest BCUT2D eigenvalue weighted by Crippen LogP contribution is 2.35. The molecule has 1 fully saturated rings. The highest BCUT2D eigenvalue weighted by Gasteiger charge is 2.44. The number of ether oxygens (including phenoxy) is 1. The average Bonchev–Trinajstić information content (AvgIpc) is 3.23. The van der Waals surface area contributed by atoms with Crippen molar-refractivity contribution in [3.8, 4) is 5.75 Å². The Morgan fingerprint density at radius 3 is 2.83 bits per heavy atom. The molecule has 6 nitrogen and oxygen atoms in total. The highest BCUT2D eigenvalue weighted by molar-refractivity contribution is 6.23. The second kappa shape index (κ2) is 6.70. The molecule has 1 atom stereocenters. The number of methoxy groups -OCH3 is 1. The number of fused-ring (bicyclic) bond motifs is 3. The summed E-state index contributed by atoms with van der Waals surface area (Å²) in [5, 5.41) is 0.893. The quantitative estimate of drug-likeness (QED) is 0.695. The van der Waals surface area contributed by atoms with Crippen LogP contribution in [0.25, 0.3) is 10.9 Å². The SMILES string of the molecule is COc1ccccc1N1C(=O)CC(N2CCc3c([nH]c4ccc(F)cc34)C2)C1=O. The molecule has 2 aliphatic rings. The van der Waals surface area contributed by atoms with Gasteiger partial charge in [-0.25, -0.2) is 9.29 Å². The van der Waals surface area contributed by atoms with E-state index in [1.165, 1.54) is 18.1 Å². The number of carbonyl (C=O) groups excluding carboxylic acids is 2. The van der Waals surface area contributed by atoms with Gasteiger partial charge in [-0.3, -0.25) is 14.5 Å². The van der Waals surface area contributed by atoms with Gasteiger partial charge in [0, 0.05) is 29.7 Å². The zero-order chi connectivity index (χ0) is 20.1. The van der Waals surface area contributed by atoms with Crippen LogP contribution in [-0.2, 0) is 22.6 Å². The van der Waals surface area contributed by atoms with E-state index in [0.29, 0.717) is 30.9 Å². The third-order valence-electron chi connectivity index (χ3n) is 5.86. The van der Waals surface area contributed by atoms with E-state index in [2.05, 4.69) is 4.98 Å². The summed E-state index contributed by atoms with van der Waals surface area (Å²) in [4.78, 5) is 32.5. The lowest BCUT2D eigenvalue weighted by Crippen LogP contribution is -2.44. The van der Waals surface area contributed by atoms with Crippen LogP contribution in [0.4, 0.5) is 10.1 Å². The first-order valence-corrected chi connectivity index (χ1v) is 9.59. The Bertz CT molecular complexity index is 1140. The number of H-pyrrole nitrogens is 1. The summed E-state index contributed by atoms with van der Waals surface area (Å²) >= 11 is 0. The van der Waals surface area contributed by atoms with Crippen molar-refractivity contribution in [1.29, 1.82) is 0 Å². The first-order chi connectivity index (χ1) is 14.1. The van der Waals surface area contributed by atoms with Gasteiger partial charge in [0.15, 0.2) is 0 Å². The molecule has 3 aromatic rings. The van der Waals surface area contributed by atoms with E-state index >= 15 is 0 Å². The molecule has 0 aliphatic carbocycles. The largest absolute Gasteiger partial charge is 0.495 e. The van der Waals surface area contributed by atoms with Crippen molar-refractivity contribution in [2.24, 2.45) is 0 Å². The average molecular weight is 393 g/mol. The Balaban J connectivity index is 1.43. The van der Waals surface area contributed by atoms with Gasteiger partial charge in [-0.1, -0.05) is 12.1 Å². The summed E-state index contributed by atoms with van der Waals surface area (Å²) in [6.07, 6.45) is 0.840. The fourth-order valence-electron chi connectivity index (χ4n) is 4.47. The van der Waals surface area contributed by atoms with E-state index in [9.17, 15) is 14.0 Å². The van der Waals surface area contributed by atoms with Gasteiger partial charge in [-0.05, 0) is 42.3 Å². The molecule has 148 valence electrons. The second-order valence-electron chi connectivity index (χ2n) is 7.45. The molecular weight excluding hydrogens is 373 g/mol. The van der Waals surface area contributed by atoms with Gasteiger partial charge < -0.3 is 9.72 Å². The number of anilines is 1. The van der Waals surface area contributed by atoms with Crippen molar-refractivity contribution < 1.29 is 18.7 Å². The lowest BCUT2D eigenvalue weighted by Gasteiger charge is -2.30. The van der Waals surface area contributed by atoms with Crippen LogP contribution in [0, 0.1) is 5.82 Å². The third kappa shape index (κ3) is 2.81. The van der Waals surface area contributed by atoms with Gasteiger partial charge >= 0.3 is 0 Å². The molecule has 2 amide bonds. The molecular formula is C22H20FN3O3. The van der Waals surface area contributed by atoms with Gasteiger partial charge in [0.25, 0.3) is 5.91 Å². The number of aromatic nitrogens is 1. The van der Waals surface area contributed by atoms with Gasteiger partial charge in [0.2, 0.25) is 5.91 Å². The van der Waals surface area contributed by atoms with Crippen molar-refractivity contribution in [3.05, 3.63) is 59.5 Å². The lowest BCUT2D eigenvalue weighted by molar-refractivity contribution is -0.123. The normalized spacial score (nSPS) is 19.8. The molecule has 3 heterocycles. The van der Waals surface area contributed by atoms with Crippen LogP contribution >= 0.6 is 0 Å². The van der Waals surface area contributed by atoms with Gasteiger partial charge in [0.1, 0.15) is 11.6 Å². The smallest absolute Gasteiger partial charge is 0.251 e. The number of hydrogen-bond acceptors (Lipinski definition) is 4. The van der Waals surface area contributed by atoms with E-state index in [-0.39, 0.29) is 24.1 Å². The summed E-state index contributed by atoms with van der Waals surface area (Å²) in [5.74, 6) is -0.224. The monoisotopic (exact) mass is 393 g/mol. The number of amides is 2.